The molecular formula is C33H42N6O7S. The summed E-state index contributed by atoms with van der Waals surface area (Å²) in [6.45, 7) is 9.57. The molecular weight excluding hydrogens is 624 g/mol. The number of nitrogens with zero attached hydrogens (tertiary/aromatic N) is 3. The average molecular weight is 667 g/mol. The zero-order chi connectivity index (χ0) is 34.1. The molecule has 3 atom stereocenters. The highest BCUT2D eigenvalue weighted by atomic mass is 32.2. The quantitative estimate of drug-likeness (QED) is 0.322. The lowest BCUT2D eigenvalue weighted by Crippen LogP contribution is -2.58. The van der Waals surface area contributed by atoms with Crippen molar-refractivity contribution in [1.82, 2.24) is 30.4 Å². The highest BCUT2D eigenvalue weighted by Gasteiger charge is 2.43. The van der Waals surface area contributed by atoms with Crippen LogP contribution < -0.4 is 16.1 Å². The Labute approximate surface area is 274 Å². The second-order valence-corrected chi connectivity index (χ2v) is 14.8. The maximum atomic E-state index is 14.1. The lowest BCUT2D eigenvalue weighted by molar-refractivity contribution is -0.156. The van der Waals surface area contributed by atoms with Crippen LogP contribution >= 0.6 is 0 Å². The predicted molar refractivity (Wildman–Crippen MR) is 175 cm³/mol. The fraction of sp³-hybridized carbons (Fsp3) is 0.485. The summed E-state index contributed by atoms with van der Waals surface area (Å²) in [5.41, 5.74) is 3.52. The highest BCUT2D eigenvalue weighted by molar-refractivity contribution is 7.88. The van der Waals surface area contributed by atoms with E-state index in [1.807, 2.05) is 24.3 Å². The van der Waals surface area contributed by atoms with Crippen molar-refractivity contribution in [3.05, 3.63) is 59.9 Å². The number of cyclic esters (lactones) is 1. The number of piperidine rings is 1. The van der Waals surface area contributed by atoms with Gasteiger partial charge in [-0.05, 0) is 56.2 Å². The van der Waals surface area contributed by atoms with Gasteiger partial charge in [-0.2, -0.15) is 0 Å². The smallest absolute Gasteiger partial charge is 0.325 e. The van der Waals surface area contributed by atoms with Crippen LogP contribution in [0, 0.1) is 11.3 Å². The molecule has 2 aromatic rings. The van der Waals surface area contributed by atoms with Crippen molar-refractivity contribution in [2.24, 2.45) is 11.3 Å². The van der Waals surface area contributed by atoms with Crippen LogP contribution in [0.4, 0.5) is 0 Å². The van der Waals surface area contributed by atoms with E-state index in [9.17, 15) is 27.6 Å². The van der Waals surface area contributed by atoms with E-state index in [0.29, 0.717) is 24.1 Å². The summed E-state index contributed by atoms with van der Waals surface area (Å²) in [6, 6.07) is 7.53. The summed E-state index contributed by atoms with van der Waals surface area (Å²) in [5.74, 6) is -2.57. The maximum Gasteiger partial charge on any atom is 0.325 e. The molecule has 3 amide bonds. The number of hydrazine groups is 1. The molecule has 3 aliphatic rings. The Morgan fingerprint density at radius 1 is 1.06 bits per heavy atom. The van der Waals surface area contributed by atoms with Crippen LogP contribution in [0.5, 0.6) is 0 Å². The molecule has 252 valence electrons. The molecule has 2 saturated heterocycles. The normalized spacial score (nSPS) is 25.9. The fourth-order valence-corrected chi connectivity index (χ4v) is 6.95. The number of aromatic nitrogens is 1. The number of amides is 3. The van der Waals surface area contributed by atoms with Crippen LogP contribution in [0.15, 0.2) is 48.7 Å². The van der Waals surface area contributed by atoms with Gasteiger partial charge in [-0.1, -0.05) is 50.8 Å². The van der Waals surface area contributed by atoms with Gasteiger partial charge in [0.05, 0.1) is 22.9 Å². The van der Waals surface area contributed by atoms with Gasteiger partial charge in [-0.3, -0.25) is 24.2 Å². The second kappa shape index (κ2) is 13.5. The molecule has 3 aliphatic heterocycles. The van der Waals surface area contributed by atoms with Crippen LogP contribution in [0.1, 0.15) is 63.8 Å². The minimum Gasteiger partial charge on any atom is -0.455 e. The average Bonchev–Trinajstić information content (AvgIpc) is 3.04. The van der Waals surface area contributed by atoms with Crippen molar-refractivity contribution in [2.75, 3.05) is 25.9 Å². The van der Waals surface area contributed by atoms with E-state index in [1.165, 1.54) is 9.31 Å². The lowest BCUT2D eigenvalue weighted by Gasteiger charge is -2.39. The summed E-state index contributed by atoms with van der Waals surface area (Å²) in [7, 11) is -3.46. The zero-order valence-electron chi connectivity index (χ0n) is 27.1. The molecule has 14 heteroatoms. The summed E-state index contributed by atoms with van der Waals surface area (Å²) in [4.78, 5) is 58.8. The van der Waals surface area contributed by atoms with E-state index in [1.54, 1.807) is 39.0 Å². The number of ether oxygens (including phenoxy) is 1. The van der Waals surface area contributed by atoms with E-state index < -0.39 is 57.3 Å². The summed E-state index contributed by atoms with van der Waals surface area (Å²) in [5, 5.41) is 7.54. The van der Waals surface area contributed by atoms with Gasteiger partial charge < -0.3 is 15.4 Å². The van der Waals surface area contributed by atoms with Gasteiger partial charge in [0.2, 0.25) is 21.8 Å². The number of esters is 1. The first-order valence-electron chi connectivity index (χ1n) is 15.8. The van der Waals surface area contributed by atoms with Crippen LogP contribution in [-0.4, -0.2) is 84.4 Å². The number of carbonyl (C=O) groups is 4. The highest BCUT2D eigenvalue weighted by Crippen LogP contribution is 2.36. The molecule has 0 aliphatic carbocycles. The lowest BCUT2D eigenvalue weighted by atomic mass is 9.77. The number of hydrogen-bond donors (Lipinski definition) is 3. The number of carbonyl (C=O) groups excluding carboxylic acids is 4. The van der Waals surface area contributed by atoms with Crippen LogP contribution in [0.3, 0.4) is 0 Å². The molecule has 1 aromatic carbocycles. The Morgan fingerprint density at radius 2 is 1.77 bits per heavy atom. The first-order valence-corrected chi connectivity index (χ1v) is 17.7. The van der Waals surface area contributed by atoms with Crippen molar-refractivity contribution in [2.45, 2.75) is 64.6 Å². The third-order valence-electron chi connectivity index (χ3n) is 9.06. The molecule has 4 heterocycles. The molecule has 0 radical (unpaired) electrons. The molecule has 5 bridgehead atoms. The Hall–Kier alpha value is -4.14. The third-order valence-corrected chi connectivity index (χ3v) is 10.4. The largest absolute Gasteiger partial charge is 0.455 e. The zero-order valence-corrected chi connectivity index (χ0v) is 27.9. The fourth-order valence-electron chi connectivity index (χ4n) is 6.10. The molecule has 1 spiro atoms. The molecule has 1 aromatic heterocycles. The number of benzene rings is 1. The molecule has 5 rings (SSSR count). The first kappa shape index (κ1) is 34.2. The van der Waals surface area contributed by atoms with E-state index in [-0.39, 0.29) is 44.1 Å². The summed E-state index contributed by atoms with van der Waals surface area (Å²) in [6.07, 6.45) is 5.39. The van der Waals surface area contributed by atoms with Gasteiger partial charge in [0.15, 0.2) is 0 Å². The molecule has 0 saturated carbocycles. The van der Waals surface area contributed by atoms with Gasteiger partial charge in [-0.25, -0.2) is 23.1 Å². The summed E-state index contributed by atoms with van der Waals surface area (Å²) >= 11 is 0. The Balaban J connectivity index is 1.55. The number of sulfonamides is 1. The van der Waals surface area contributed by atoms with E-state index in [4.69, 9.17) is 9.72 Å². The van der Waals surface area contributed by atoms with Crippen molar-refractivity contribution in [3.8, 4) is 0 Å². The van der Waals surface area contributed by atoms with Crippen LogP contribution in [-0.2, 0) is 33.9 Å². The van der Waals surface area contributed by atoms with Gasteiger partial charge >= 0.3 is 5.97 Å². The van der Waals surface area contributed by atoms with Crippen molar-refractivity contribution >= 4 is 50.7 Å². The molecule has 13 nitrogen and oxygen atoms in total. The van der Waals surface area contributed by atoms with Gasteiger partial charge in [0, 0.05) is 25.0 Å². The van der Waals surface area contributed by atoms with E-state index in [2.05, 4.69) is 22.6 Å². The standard InChI is InChI=1S/C33H42N6O7S/c1-20(2)28-29(40)34-21(3)30(41)39-16-6-7-26(37-39)31(42)46-22(4)25-11-10-24-9-8-23(19-27(24)35-25)12-13-33(32(43)36-28)14-17-38(18-15-33)47(5,44)45/h8-13,19-20,22,26,28,37H,3,6-7,14-18H2,1-2,4-5H3,(H,34,40)(H,36,43)/b13-12+/t22-,26+,28+/m1/s1. The molecule has 2 fully saturated rings. The Bertz CT molecular complexity index is 1730. The molecule has 0 unspecified atom stereocenters. The first-order chi connectivity index (χ1) is 22.2. The van der Waals surface area contributed by atoms with Gasteiger partial charge in [0.1, 0.15) is 23.9 Å². The predicted octanol–water partition coefficient (Wildman–Crippen LogP) is 2.17. The van der Waals surface area contributed by atoms with Crippen molar-refractivity contribution < 1.29 is 32.3 Å². The monoisotopic (exact) mass is 666 g/mol. The number of hydrogen-bond acceptors (Lipinski definition) is 9. The summed E-state index contributed by atoms with van der Waals surface area (Å²) < 4.78 is 31.7. The minimum absolute atomic E-state index is 0.128. The van der Waals surface area contributed by atoms with E-state index >= 15 is 0 Å². The Kier molecular flexibility index (Phi) is 9.85. The number of fused-ring (bicyclic) bond motifs is 4. The van der Waals surface area contributed by atoms with Gasteiger partial charge in [0.25, 0.3) is 5.91 Å². The second-order valence-electron chi connectivity index (χ2n) is 12.9. The van der Waals surface area contributed by atoms with Crippen LogP contribution in [0.2, 0.25) is 0 Å². The number of nitrogens with one attached hydrogen (secondary N) is 3. The van der Waals surface area contributed by atoms with Crippen molar-refractivity contribution in [1.29, 1.82) is 0 Å². The molecule has 47 heavy (non-hydrogen) atoms. The number of pyridine rings is 1. The minimum atomic E-state index is -3.46. The SMILES string of the molecule is C=C1NC(=O)[C@H](C(C)C)NC(=O)C2(/C=C/c3ccc4ccc(nc4c3)[C@@H](C)OC(=O)[C@@H]3CCCN(N3)C1=O)CCN(S(C)(=O)=O)CC2. The molecule has 3 N–H and O–H groups in total. The third kappa shape index (κ3) is 7.55. The topological polar surface area (TPSA) is 167 Å². The van der Waals surface area contributed by atoms with Crippen LogP contribution in [0.25, 0.3) is 17.0 Å². The number of rotatable bonds is 2. The van der Waals surface area contributed by atoms with Gasteiger partial charge in [-0.15, -0.1) is 0 Å². The Morgan fingerprint density at radius 3 is 2.45 bits per heavy atom. The van der Waals surface area contributed by atoms with Crippen molar-refractivity contribution in [3.63, 3.8) is 0 Å². The van der Waals surface area contributed by atoms with E-state index in [0.717, 1.165) is 17.2 Å². The maximum absolute atomic E-state index is 14.1.